The van der Waals surface area contributed by atoms with Gasteiger partial charge in [0.05, 0.1) is 0 Å². The molecule has 2 aliphatic carbocycles. The van der Waals surface area contributed by atoms with E-state index in [0.717, 1.165) is 17.5 Å². The van der Waals surface area contributed by atoms with Crippen LogP contribution < -0.4 is 0 Å². The first-order valence-corrected chi connectivity index (χ1v) is 8.77. The van der Waals surface area contributed by atoms with Crippen LogP contribution >= 0.6 is 7.92 Å². The van der Waals surface area contributed by atoms with Gasteiger partial charge in [-0.25, -0.2) is 0 Å². The second kappa shape index (κ2) is 8.21. The molecule has 0 bridgehead atoms. The molecule has 0 aliphatic heterocycles. The van der Waals surface area contributed by atoms with Gasteiger partial charge in [-0.2, -0.15) is 0 Å². The summed E-state index contributed by atoms with van der Waals surface area (Å²) in [7, 11) is 0.167. The molecule has 0 nitrogen and oxygen atoms in total. The molecule has 3 radical (unpaired) electrons. The second-order valence-electron chi connectivity index (χ2n) is 5.46. The minimum Gasteiger partial charge on any atom is -0.120 e. The minimum absolute atomic E-state index is 0. The van der Waals surface area contributed by atoms with E-state index in [2.05, 4.69) is 5.92 Å². The van der Waals surface area contributed by atoms with Crippen molar-refractivity contribution < 1.29 is 0 Å². The van der Waals surface area contributed by atoms with Crippen molar-refractivity contribution in [2.75, 3.05) is 6.16 Å². The Kier molecular flexibility index (Phi) is 7.30. The molecule has 0 unspecified atom stereocenters. The largest absolute Gasteiger partial charge is 0.120 e. The van der Waals surface area contributed by atoms with Crippen LogP contribution in [0.15, 0.2) is 0 Å². The summed E-state index contributed by atoms with van der Waals surface area (Å²) in [6.45, 7) is 0. The SMILES string of the molecule is C#CCP(C1CCCCC1)C1CCCCC1.[B]. The number of terminal acetylenes is 1. The van der Waals surface area contributed by atoms with Crippen molar-refractivity contribution in [3.8, 4) is 12.3 Å². The topological polar surface area (TPSA) is 0 Å². The normalized spacial score (nSPS) is 23.1. The maximum absolute atomic E-state index is 5.61. The van der Waals surface area contributed by atoms with E-state index < -0.39 is 0 Å². The smallest absolute Gasteiger partial charge is 0.0294 e. The molecule has 2 heteroatoms. The summed E-state index contributed by atoms with van der Waals surface area (Å²) >= 11 is 0. The zero-order valence-electron chi connectivity index (χ0n) is 11.0. The lowest BCUT2D eigenvalue weighted by Crippen LogP contribution is -2.21. The Morgan fingerprint density at radius 2 is 1.24 bits per heavy atom. The van der Waals surface area contributed by atoms with Crippen molar-refractivity contribution in [1.29, 1.82) is 0 Å². The maximum Gasteiger partial charge on any atom is 0.0294 e. The van der Waals surface area contributed by atoms with Crippen LogP contribution in [0.3, 0.4) is 0 Å². The molecule has 0 amide bonds. The molecule has 0 aromatic carbocycles. The zero-order chi connectivity index (χ0) is 11.2. The Morgan fingerprint density at radius 3 is 1.59 bits per heavy atom. The average Bonchev–Trinajstić information content (AvgIpc) is 2.38. The van der Waals surface area contributed by atoms with E-state index in [0.29, 0.717) is 0 Å². The fourth-order valence-corrected chi connectivity index (χ4v) is 6.87. The molecule has 0 N–H and O–H groups in total. The highest BCUT2D eigenvalue weighted by molar-refractivity contribution is 7.59. The third-order valence-corrected chi connectivity index (χ3v) is 7.82. The molecule has 17 heavy (non-hydrogen) atoms. The minimum atomic E-state index is 0. The predicted octanol–water partition coefficient (Wildman–Crippen LogP) is 4.39. The van der Waals surface area contributed by atoms with E-state index in [9.17, 15) is 0 Å². The summed E-state index contributed by atoms with van der Waals surface area (Å²) in [6.07, 6.45) is 21.5. The number of rotatable bonds is 3. The molecule has 2 rings (SSSR count). The molecule has 0 atom stereocenters. The lowest BCUT2D eigenvalue weighted by atomic mass is 9.99. The summed E-state index contributed by atoms with van der Waals surface area (Å²) in [6, 6.07) is 0. The van der Waals surface area contributed by atoms with E-state index in [4.69, 9.17) is 6.42 Å². The van der Waals surface area contributed by atoms with E-state index in [-0.39, 0.29) is 16.3 Å². The molecule has 0 aromatic heterocycles. The van der Waals surface area contributed by atoms with Gasteiger partial charge in [-0.3, -0.25) is 0 Å². The van der Waals surface area contributed by atoms with Gasteiger partial charge in [0.1, 0.15) is 0 Å². The summed E-state index contributed by atoms with van der Waals surface area (Å²) in [5, 5.41) is 0. The van der Waals surface area contributed by atoms with Crippen LogP contribution in [-0.4, -0.2) is 25.9 Å². The summed E-state index contributed by atoms with van der Waals surface area (Å²) in [5.41, 5.74) is 2.06. The summed E-state index contributed by atoms with van der Waals surface area (Å²) in [4.78, 5) is 0. The van der Waals surface area contributed by atoms with Crippen molar-refractivity contribution in [2.45, 2.75) is 75.5 Å². The van der Waals surface area contributed by atoms with Crippen LogP contribution in [-0.2, 0) is 0 Å². The number of hydrogen-bond acceptors (Lipinski definition) is 0. The zero-order valence-corrected chi connectivity index (χ0v) is 11.9. The average molecular weight is 247 g/mol. The van der Waals surface area contributed by atoms with E-state index in [1.807, 2.05) is 0 Å². The third-order valence-electron chi connectivity index (χ3n) is 4.36. The van der Waals surface area contributed by atoms with Crippen LogP contribution in [0.2, 0.25) is 0 Å². The summed E-state index contributed by atoms with van der Waals surface area (Å²) in [5.74, 6) is 2.99. The first-order chi connectivity index (χ1) is 7.92. The van der Waals surface area contributed by atoms with E-state index in [1.54, 1.807) is 0 Å². The van der Waals surface area contributed by atoms with Crippen LogP contribution in [0, 0.1) is 12.3 Å². The van der Waals surface area contributed by atoms with Gasteiger partial charge >= 0.3 is 0 Å². The third kappa shape index (κ3) is 4.33. The van der Waals surface area contributed by atoms with Crippen LogP contribution in [0.25, 0.3) is 0 Å². The molecular weight excluding hydrogens is 222 g/mol. The lowest BCUT2D eigenvalue weighted by molar-refractivity contribution is 0.485. The van der Waals surface area contributed by atoms with Crippen LogP contribution in [0.5, 0.6) is 0 Å². The fraction of sp³-hybridized carbons (Fsp3) is 0.867. The van der Waals surface area contributed by atoms with Gasteiger partial charge in [-0.1, -0.05) is 46.4 Å². The molecule has 2 saturated carbocycles. The fourth-order valence-electron chi connectivity index (χ4n) is 3.49. The Labute approximate surface area is 111 Å². The van der Waals surface area contributed by atoms with Gasteiger partial charge in [0.25, 0.3) is 0 Å². The lowest BCUT2D eigenvalue weighted by Gasteiger charge is -2.37. The van der Waals surface area contributed by atoms with Crippen LogP contribution in [0.1, 0.15) is 64.2 Å². The van der Waals surface area contributed by atoms with Crippen molar-refractivity contribution in [3.05, 3.63) is 0 Å². The molecule has 93 valence electrons. The second-order valence-corrected chi connectivity index (χ2v) is 8.27. The van der Waals surface area contributed by atoms with Crippen LogP contribution in [0.4, 0.5) is 0 Å². The monoisotopic (exact) mass is 247 g/mol. The van der Waals surface area contributed by atoms with E-state index in [1.165, 1.54) is 64.2 Å². The highest BCUT2D eigenvalue weighted by Crippen LogP contribution is 2.55. The van der Waals surface area contributed by atoms with E-state index >= 15 is 0 Å². The molecular formula is C15H25BP. The van der Waals surface area contributed by atoms with Gasteiger partial charge in [-0.05, 0) is 37.0 Å². The molecule has 2 aliphatic rings. The molecule has 0 aromatic rings. The number of hydrogen-bond donors (Lipinski definition) is 0. The first kappa shape index (κ1) is 15.1. The van der Waals surface area contributed by atoms with Gasteiger partial charge in [0, 0.05) is 14.6 Å². The van der Waals surface area contributed by atoms with Gasteiger partial charge in [0.2, 0.25) is 0 Å². The van der Waals surface area contributed by atoms with Crippen molar-refractivity contribution in [2.24, 2.45) is 0 Å². The van der Waals surface area contributed by atoms with Crippen molar-refractivity contribution >= 4 is 16.3 Å². The first-order valence-electron chi connectivity index (χ1n) is 7.11. The summed E-state index contributed by atoms with van der Waals surface area (Å²) < 4.78 is 0. The predicted molar refractivity (Wildman–Crippen MR) is 80.1 cm³/mol. The standard InChI is InChI=1S/C15H25P.B/c1-2-13-16(14-9-5-3-6-10-14)15-11-7-4-8-12-15;/h1,14-15H,3-13H2;. The Bertz CT molecular complexity index is 216. The van der Waals surface area contributed by atoms with Gasteiger partial charge in [-0.15, -0.1) is 12.3 Å². The highest BCUT2D eigenvalue weighted by atomic mass is 31.1. The quantitative estimate of drug-likeness (QED) is 0.394. The van der Waals surface area contributed by atoms with Crippen molar-refractivity contribution in [3.63, 3.8) is 0 Å². The Morgan fingerprint density at radius 1 is 0.824 bits per heavy atom. The van der Waals surface area contributed by atoms with Gasteiger partial charge < -0.3 is 0 Å². The van der Waals surface area contributed by atoms with Gasteiger partial charge in [0.15, 0.2) is 0 Å². The van der Waals surface area contributed by atoms with Crippen molar-refractivity contribution in [1.82, 2.24) is 0 Å². The highest BCUT2D eigenvalue weighted by Gasteiger charge is 2.29. The molecule has 0 heterocycles. The molecule has 0 saturated heterocycles. The molecule has 0 spiro atoms. The maximum atomic E-state index is 5.61. The Balaban J connectivity index is 0.00000144. The molecule has 2 fully saturated rings. The Hall–Kier alpha value is 0.0549.